The Morgan fingerprint density at radius 2 is 1.96 bits per heavy atom. The van der Waals surface area contributed by atoms with Gasteiger partial charge in [0.1, 0.15) is 6.61 Å². The number of nitrogens with one attached hydrogen (secondary N) is 2. The van der Waals surface area contributed by atoms with Gasteiger partial charge in [0.2, 0.25) is 0 Å². The molecule has 3 amide bonds. The third-order valence-corrected chi connectivity index (χ3v) is 4.33. The molecule has 0 aliphatic carbocycles. The van der Waals surface area contributed by atoms with Crippen molar-refractivity contribution in [1.29, 1.82) is 0 Å². The molecule has 2 aromatic carbocycles. The monoisotopic (exact) mass is 353 g/mol. The lowest BCUT2D eigenvalue weighted by atomic mass is 10.0. The van der Waals surface area contributed by atoms with Crippen LogP contribution in [0, 0.1) is 0 Å². The number of amides is 3. The highest BCUT2D eigenvalue weighted by molar-refractivity contribution is 5.97. The number of urea groups is 1. The van der Waals surface area contributed by atoms with Crippen molar-refractivity contribution in [3.8, 4) is 0 Å². The van der Waals surface area contributed by atoms with Gasteiger partial charge in [0, 0.05) is 31.6 Å². The molecule has 1 heterocycles. The number of methoxy groups -OCH3 is 1. The molecule has 2 aromatic rings. The summed E-state index contributed by atoms with van der Waals surface area (Å²) in [5.41, 5.74) is 3.64. The maximum atomic E-state index is 12.3. The molecule has 1 aliphatic heterocycles. The summed E-state index contributed by atoms with van der Waals surface area (Å²) < 4.78 is 4.97. The fourth-order valence-corrected chi connectivity index (χ4v) is 3.07. The van der Waals surface area contributed by atoms with Crippen LogP contribution in [0.3, 0.4) is 0 Å². The van der Waals surface area contributed by atoms with E-state index in [1.54, 1.807) is 4.90 Å². The van der Waals surface area contributed by atoms with Crippen molar-refractivity contribution in [1.82, 2.24) is 5.32 Å². The van der Waals surface area contributed by atoms with E-state index in [-0.39, 0.29) is 18.5 Å². The van der Waals surface area contributed by atoms with E-state index in [0.29, 0.717) is 18.8 Å². The fourth-order valence-electron chi connectivity index (χ4n) is 3.07. The lowest BCUT2D eigenvalue weighted by molar-refractivity contribution is -0.122. The molecule has 0 unspecified atom stereocenters. The van der Waals surface area contributed by atoms with Crippen LogP contribution in [0.5, 0.6) is 0 Å². The molecule has 6 heteroatoms. The van der Waals surface area contributed by atoms with Gasteiger partial charge in [0.25, 0.3) is 5.91 Å². The number of nitrogens with zero attached hydrogens (tertiary/aromatic N) is 1. The minimum atomic E-state index is -0.278. The molecule has 0 atom stereocenters. The molecule has 6 nitrogen and oxygen atoms in total. The van der Waals surface area contributed by atoms with E-state index in [1.807, 2.05) is 48.5 Å². The van der Waals surface area contributed by atoms with Gasteiger partial charge >= 0.3 is 6.03 Å². The Morgan fingerprint density at radius 1 is 1.15 bits per heavy atom. The van der Waals surface area contributed by atoms with E-state index in [2.05, 4.69) is 10.6 Å². The Morgan fingerprint density at radius 3 is 2.73 bits per heavy atom. The topological polar surface area (TPSA) is 70.7 Å². The first-order valence-electron chi connectivity index (χ1n) is 8.68. The summed E-state index contributed by atoms with van der Waals surface area (Å²) in [7, 11) is 1.51. The first-order valence-corrected chi connectivity index (χ1v) is 8.68. The maximum Gasteiger partial charge on any atom is 0.319 e. The van der Waals surface area contributed by atoms with Crippen molar-refractivity contribution in [2.75, 3.05) is 30.5 Å². The summed E-state index contributed by atoms with van der Waals surface area (Å²) in [6.45, 7) is 1.17. The molecule has 2 N–H and O–H groups in total. The zero-order valence-electron chi connectivity index (χ0n) is 14.8. The van der Waals surface area contributed by atoms with Crippen LogP contribution >= 0.6 is 0 Å². The van der Waals surface area contributed by atoms with Crippen molar-refractivity contribution >= 4 is 23.3 Å². The quantitative estimate of drug-likeness (QED) is 0.868. The van der Waals surface area contributed by atoms with Gasteiger partial charge in [-0.2, -0.15) is 0 Å². The van der Waals surface area contributed by atoms with E-state index in [9.17, 15) is 9.59 Å². The minimum Gasteiger partial charge on any atom is -0.375 e. The Hall–Kier alpha value is -2.86. The molecule has 0 fully saturated rings. The molecule has 1 aliphatic rings. The number of fused-ring (bicyclic) bond motifs is 1. The number of hydrogen-bond donors (Lipinski definition) is 2. The number of rotatable bonds is 5. The molecule has 0 spiro atoms. The maximum absolute atomic E-state index is 12.3. The molecule has 26 heavy (non-hydrogen) atoms. The van der Waals surface area contributed by atoms with E-state index < -0.39 is 0 Å². The highest BCUT2D eigenvalue weighted by atomic mass is 16.5. The number of carbonyl (C=O) groups excluding carboxylic acids is 2. The van der Waals surface area contributed by atoms with Gasteiger partial charge in [0.15, 0.2) is 0 Å². The summed E-state index contributed by atoms with van der Waals surface area (Å²) in [5, 5.41) is 5.67. The lowest BCUT2D eigenvalue weighted by Gasteiger charge is -2.29. The van der Waals surface area contributed by atoms with Crippen LogP contribution in [-0.4, -0.2) is 32.2 Å². The van der Waals surface area contributed by atoms with E-state index in [0.717, 1.165) is 29.7 Å². The average molecular weight is 353 g/mol. The van der Waals surface area contributed by atoms with E-state index in [4.69, 9.17) is 4.74 Å². The van der Waals surface area contributed by atoms with Crippen LogP contribution in [0.4, 0.5) is 16.2 Å². The van der Waals surface area contributed by atoms with Crippen molar-refractivity contribution in [2.24, 2.45) is 0 Å². The summed E-state index contributed by atoms with van der Waals surface area (Å²) in [6, 6.07) is 15.1. The van der Waals surface area contributed by atoms with Crippen LogP contribution in [0.1, 0.15) is 17.5 Å². The van der Waals surface area contributed by atoms with Crippen LogP contribution in [-0.2, 0) is 22.5 Å². The molecule has 3 rings (SSSR count). The molecular weight excluding hydrogens is 330 g/mol. The minimum absolute atomic E-state index is 0.0503. The number of ether oxygens (including phenoxy) is 1. The third-order valence-electron chi connectivity index (χ3n) is 4.33. The average Bonchev–Trinajstić information content (AvgIpc) is 2.67. The molecule has 0 saturated carbocycles. The van der Waals surface area contributed by atoms with Gasteiger partial charge in [0.05, 0.1) is 0 Å². The molecule has 0 bridgehead atoms. The number of benzene rings is 2. The molecule has 0 saturated heterocycles. The van der Waals surface area contributed by atoms with Crippen LogP contribution < -0.4 is 15.5 Å². The highest BCUT2D eigenvalue weighted by Crippen LogP contribution is 2.30. The normalized spacial score (nSPS) is 13.0. The molecule has 136 valence electrons. The third kappa shape index (κ3) is 4.40. The Kier molecular flexibility index (Phi) is 5.86. The van der Waals surface area contributed by atoms with Gasteiger partial charge in [-0.1, -0.05) is 36.4 Å². The predicted molar refractivity (Wildman–Crippen MR) is 101 cm³/mol. The van der Waals surface area contributed by atoms with Crippen molar-refractivity contribution < 1.29 is 14.3 Å². The lowest BCUT2D eigenvalue weighted by Crippen LogP contribution is -2.37. The standard InChI is InChI=1S/C20H23N3O3/c1-26-14-19(24)23-11-5-8-16-9-10-17(12-18(16)23)22-20(25)21-13-15-6-3-2-4-7-15/h2-4,6-7,9-10,12H,5,8,11,13-14H2,1H3,(H2,21,22,25). The first kappa shape index (κ1) is 17.9. The molecular formula is C20H23N3O3. The van der Waals surface area contributed by atoms with Crippen LogP contribution in [0.15, 0.2) is 48.5 Å². The van der Waals surface area contributed by atoms with Gasteiger partial charge in [-0.3, -0.25) is 4.79 Å². The summed E-state index contributed by atoms with van der Waals surface area (Å²) in [6.07, 6.45) is 1.85. The number of anilines is 2. The SMILES string of the molecule is COCC(=O)N1CCCc2ccc(NC(=O)NCc3ccccc3)cc21. The number of carbonyl (C=O) groups is 2. The molecule has 0 radical (unpaired) electrons. The van der Waals surface area contributed by atoms with E-state index in [1.165, 1.54) is 7.11 Å². The van der Waals surface area contributed by atoms with Gasteiger partial charge in [-0.05, 0) is 36.1 Å². The fraction of sp³-hybridized carbons (Fsp3) is 0.300. The zero-order chi connectivity index (χ0) is 18.4. The number of aryl methyl sites for hydroxylation is 1. The van der Waals surface area contributed by atoms with Gasteiger partial charge in [-0.15, -0.1) is 0 Å². The highest BCUT2D eigenvalue weighted by Gasteiger charge is 2.22. The largest absolute Gasteiger partial charge is 0.375 e. The van der Waals surface area contributed by atoms with E-state index >= 15 is 0 Å². The van der Waals surface area contributed by atoms with Crippen LogP contribution in [0.2, 0.25) is 0 Å². The van der Waals surface area contributed by atoms with Crippen molar-refractivity contribution in [3.63, 3.8) is 0 Å². The summed E-state index contributed by atoms with van der Waals surface area (Å²) >= 11 is 0. The second-order valence-corrected chi connectivity index (χ2v) is 6.22. The summed E-state index contributed by atoms with van der Waals surface area (Å²) in [4.78, 5) is 26.1. The van der Waals surface area contributed by atoms with Crippen molar-refractivity contribution in [3.05, 3.63) is 59.7 Å². The Labute approximate surface area is 153 Å². The summed E-state index contributed by atoms with van der Waals surface area (Å²) in [5.74, 6) is -0.0703. The Bertz CT molecular complexity index is 777. The Balaban J connectivity index is 1.66. The predicted octanol–water partition coefficient (Wildman–Crippen LogP) is 2.93. The smallest absolute Gasteiger partial charge is 0.319 e. The van der Waals surface area contributed by atoms with Crippen molar-refractivity contribution in [2.45, 2.75) is 19.4 Å². The second-order valence-electron chi connectivity index (χ2n) is 6.22. The second kappa shape index (κ2) is 8.49. The van der Waals surface area contributed by atoms with Crippen LogP contribution in [0.25, 0.3) is 0 Å². The first-order chi connectivity index (χ1) is 12.7. The number of hydrogen-bond acceptors (Lipinski definition) is 3. The van der Waals surface area contributed by atoms with Gasteiger partial charge in [-0.25, -0.2) is 4.79 Å². The molecule has 0 aromatic heterocycles. The van der Waals surface area contributed by atoms with Gasteiger partial charge < -0.3 is 20.3 Å². The zero-order valence-corrected chi connectivity index (χ0v) is 14.8.